The van der Waals surface area contributed by atoms with Gasteiger partial charge in [0.2, 0.25) is 5.91 Å². The van der Waals surface area contributed by atoms with Gasteiger partial charge in [0.05, 0.1) is 17.5 Å². The number of fused-ring (bicyclic) bond motifs is 1. The van der Waals surface area contributed by atoms with Crippen LogP contribution in [0.15, 0.2) is 63.1 Å². The SMILES string of the molecule is C[C@@H]1C[C@@H]1c1ccc(/C=N\NC(=O)CSc2cccc3cccnc23)o1. The number of nitrogens with one attached hydrogen (secondary N) is 1. The topological polar surface area (TPSA) is 67.5 Å². The van der Waals surface area contributed by atoms with Gasteiger partial charge in [0, 0.05) is 22.4 Å². The minimum Gasteiger partial charge on any atom is -0.460 e. The number of hydrogen-bond acceptors (Lipinski definition) is 5. The molecular weight excluding hydrogens is 346 g/mol. The molecule has 26 heavy (non-hydrogen) atoms. The van der Waals surface area contributed by atoms with Gasteiger partial charge in [0.15, 0.2) is 0 Å². The Morgan fingerprint density at radius 2 is 2.19 bits per heavy atom. The first kappa shape index (κ1) is 16.8. The highest BCUT2D eigenvalue weighted by molar-refractivity contribution is 8.00. The number of hydrazone groups is 1. The van der Waals surface area contributed by atoms with Crippen LogP contribution in [0.1, 0.15) is 30.8 Å². The van der Waals surface area contributed by atoms with Gasteiger partial charge in [-0.1, -0.05) is 25.1 Å². The summed E-state index contributed by atoms with van der Waals surface area (Å²) in [6, 6.07) is 13.7. The Balaban J connectivity index is 1.30. The van der Waals surface area contributed by atoms with E-state index in [1.54, 1.807) is 12.4 Å². The van der Waals surface area contributed by atoms with Gasteiger partial charge in [-0.25, -0.2) is 5.43 Å². The zero-order chi connectivity index (χ0) is 17.9. The lowest BCUT2D eigenvalue weighted by atomic mass is 10.2. The summed E-state index contributed by atoms with van der Waals surface area (Å²) in [5.74, 6) is 3.01. The van der Waals surface area contributed by atoms with Crippen molar-refractivity contribution in [2.75, 3.05) is 5.75 Å². The number of nitrogens with zero attached hydrogens (tertiary/aromatic N) is 2. The van der Waals surface area contributed by atoms with Crippen molar-refractivity contribution in [1.29, 1.82) is 0 Å². The van der Waals surface area contributed by atoms with Crippen LogP contribution >= 0.6 is 11.8 Å². The van der Waals surface area contributed by atoms with E-state index in [0.29, 0.717) is 17.6 Å². The van der Waals surface area contributed by atoms with Crippen LogP contribution in [0.2, 0.25) is 0 Å². The molecule has 2 atom stereocenters. The number of furan rings is 1. The lowest BCUT2D eigenvalue weighted by Crippen LogP contribution is -2.19. The van der Waals surface area contributed by atoms with Crippen LogP contribution in [0.25, 0.3) is 10.9 Å². The molecule has 1 aliphatic carbocycles. The molecule has 1 saturated carbocycles. The summed E-state index contributed by atoms with van der Waals surface area (Å²) in [6.07, 6.45) is 4.48. The van der Waals surface area contributed by atoms with Gasteiger partial charge >= 0.3 is 0 Å². The summed E-state index contributed by atoms with van der Waals surface area (Å²) < 4.78 is 5.72. The second kappa shape index (κ2) is 7.33. The first-order chi connectivity index (χ1) is 12.7. The molecule has 0 spiro atoms. The predicted octanol–water partition coefficient (Wildman–Crippen LogP) is 4.19. The van der Waals surface area contributed by atoms with E-state index in [4.69, 9.17) is 4.42 Å². The first-order valence-corrected chi connectivity index (χ1v) is 9.57. The molecule has 0 aliphatic heterocycles. The Kier molecular flexibility index (Phi) is 4.75. The van der Waals surface area contributed by atoms with Gasteiger partial charge in [-0.3, -0.25) is 9.78 Å². The predicted molar refractivity (Wildman–Crippen MR) is 103 cm³/mol. The molecule has 5 nitrogen and oxygen atoms in total. The summed E-state index contributed by atoms with van der Waals surface area (Å²) in [5.41, 5.74) is 3.45. The number of para-hydroxylation sites is 1. The van der Waals surface area contributed by atoms with Gasteiger partial charge in [-0.05, 0) is 36.6 Å². The third-order valence-corrected chi connectivity index (χ3v) is 5.50. The highest BCUT2D eigenvalue weighted by atomic mass is 32.2. The van der Waals surface area contributed by atoms with Crippen LogP contribution in [0.5, 0.6) is 0 Å². The Labute approximate surface area is 155 Å². The molecule has 0 saturated heterocycles. The molecule has 0 bridgehead atoms. The zero-order valence-corrected chi connectivity index (χ0v) is 15.2. The molecule has 3 aromatic rings. The second-order valence-corrected chi connectivity index (χ2v) is 7.49. The van der Waals surface area contributed by atoms with Gasteiger partial charge in [-0.15, -0.1) is 11.8 Å². The second-order valence-electron chi connectivity index (χ2n) is 6.47. The summed E-state index contributed by atoms with van der Waals surface area (Å²) in [7, 11) is 0. The van der Waals surface area contributed by atoms with Crippen LogP contribution in [0.4, 0.5) is 0 Å². The van der Waals surface area contributed by atoms with Crippen molar-refractivity contribution >= 4 is 34.8 Å². The zero-order valence-electron chi connectivity index (χ0n) is 14.4. The molecule has 4 rings (SSSR count). The number of thioether (sulfide) groups is 1. The molecule has 0 unspecified atom stereocenters. The third kappa shape index (κ3) is 3.80. The van der Waals surface area contributed by atoms with Crippen molar-refractivity contribution in [2.45, 2.75) is 24.2 Å². The Morgan fingerprint density at radius 1 is 1.35 bits per heavy atom. The Morgan fingerprint density at radius 3 is 3.04 bits per heavy atom. The van der Waals surface area contributed by atoms with Crippen LogP contribution in [-0.2, 0) is 4.79 Å². The molecule has 1 amide bonds. The number of aromatic nitrogens is 1. The van der Waals surface area contributed by atoms with E-state index in [1.165, 1.54) is 18.2 Å². The van der Waals surface area contributed by atoms with Crippen LogP contribution < -0.4 is 5.43 Å². The van der Waals surface area contributed by atoms with Crippen molar-refractivity contribution in [1.82, 2.24) is 10.4 Å². The van der Waals surface area contributed by atoms with E-state index in [9.17, 15) is 4.79 Å². The number of rotatable bonds is 6. The maximum absolute atomic E-state index is 12.0. The summed E-state index contributed by atoms with van der Waals surface area (Å²) in [4.78, 5) is 17.4. The first-order valence-electron chi connectivity index (χ1n) is 8.59. The normalized spacial score (nSPS) is 19.1. The molecule has 6 heteroatoms. The minimum atomic E-state index is -0.165. The summed E-state index contributed by atoms with van der Waals surface area (Å²) >= 11 is 1.45. The molecule has 2 heterocycles. The van der Waals surface area contributed by atoms with Crippen molar-refractivity contribution in [2.24, 2.45) is 11.0 Å². The fourth-order valence-corrected chi connectivity index (χ4v) is 3.72. The number of carbonyl (C=O) groups is 1. The molecule has 1 fully saturated rings. The molecule has 132 valence electrons. The van der Waals surface area contributed by atoms with Crippen LogP contribution in [0, 0.1) is 5.92 Å². The molecular formula is C20H19N3O2S. The number of hydrogen-bond donors (Lipinski definition) is 1. The van der Waals surface area contributed by atoms with E-state index >= 15 is 0 Å². The fraction of sp³-hybridized carbons (Fsp3) is 0.250. The molecule has 1 aromatic carbocycles. The fourth-order valence-electron chi connectivity index (χ4n) is 2.89. The van der Waals surface area contributed by atoms with Crippen molar-refractivity contribution in [3.05, 3.63) is 60.2 Å². The quantitative estimate of drug-likeness (QED) is 0.404. The number of amides is 1. The molecule has 1 aliphatic rings. The summed E-state index contributed by atoms with van der Waals surface area (Å²) in [6.45, 7) is 2.21. The molecule has 0 radical (unpaired) electrons. The minimum absolute atomic E-state index is 0.165. The highest BCUT2D eigenvalue weighted by Gasteiger charge is 2.36. The lowest BCUT2D eigenvalue weighted by Gasteiger charge is -2.04. The monoisotopic (exact) mass is 365 g/mol. The number of pyridine rings is 1. The molecule has 2 aromatic heterocycles. The largest absolute Gasteiger partial charge is 0.460 e. The third-order valence-electron chi connectivity index (χ3n) is 4.46. The summed E-state index contributed by atoms with van der Waals surface area (Å²) in [5, 5.41) is 5.05. The maximum Gasteiger partial charge on any atom is 0.250 e. The van der Waals surface area contributed by atoms with Crippen molar-refractivity contribution < 1.29 is 9.21 Å². The van der Waals surface area contributed by atoms with Crippen LogP contribution in [0.3, 0.4) is 0 Å². The van der Waals surface area contributed by atoms with Gasteiger partial charge in [0.1, 0.15) is 11.5 Å². The van der Waals surface area contributed by atoms with E-state index in [-0.39, 0.29) is 11.7 Å². The maximum atomic E-state index is 12.0. The van der Waals surface area contributed by atoms with E-state index in [2.05, 4.69) is 22.4 Å². The standard InChI is InChI=1S/C20H19N3O2S/c1-13-10-16(13)17-8-7-15(25-17)11-22-23-19(24)12-26-18-6-2-4-14-5-3-9-21-20(14)18/h2-9,11,13,16H,10,12H2,1H3,(H,23,24)/b22-11-/t13-,16+/m1/s1. The molecule has 1 N–H and O–H groups in total. The number of carbonyl (C=O) groups excluding carboxylic acids is 1. The Hall–Kier alpha value is -2.60. The van der Waals surface area contributed by atoms with Crippen LogP contribution in [-0.4, -0.2) is 22.9 Å². The van der Waals surface area contributed by atoms with E-state index in [0.717, 1.165) is 21.6 Å². The van der Waals surface area contributed by atoms with Gasteiger partial charge < -0.3 is 4.42 Å². The average molecular weight is 365 g/mol. The van der Waals surface area contributed by atoms with Crippen molar-refractivity contribution in [3.8, 4) is 0 Å². The Bertz CT molecular complexity index is 961. The van der Waals surface area contributed by atoms with Gasteiger partial charge in [0.25, 0.3) is 0 Å². The number of benzene rings is 1. The highest BCUT2D eigenvalue weighted by Crippen LogP contribution is 2.47. The van der Waals surface area contributed by atoms with Gasteiger partial charge in [-0.2, -0.15) is 5.10 Å². The smallest absolute Gasteiger partial charge is 0.250 e. The average Bonchev–Trinajstić information content (AvgIpc) is 3.20. The van der Waals surface area contributed by atoms with E-state index < -0.39 is 0 Å². The lowest BCUT2D eigenvalue weighted by molar-refractivity contribution is -0.118. The van der Waals surface area contributed by atoms with E-state index in [1.807, 2.05) is 42.5 Å². The van der Waals surface area contributed by atoms with Crippen molar-refractivity contribution in [3.63, 3.8) is 0 Å².